The Balaban J connectivity index is 1.98. The van der Waals surface area contributed by atoms with Crippen LogP contribution in [0.4, 0.5) is 10.1 Å². The van der Waals surface area contributed by atoms with Gasteiger partial charge in [-0.25, -0.2) is 4.39 Å². The van der Waals surface area contributed by atoms with Gasteiger partial charge in [0.15, 0.2) is 0 Å². The third kappa shape index (κ3) is 5.51. The summed E-state index contributed by atoms with van der Waals surface area (Å²) in [6, 6.07) is 4.53. The Morgan fingerprint density at radius 3 is 2.87 bits per heavy atom. The number of ether oxygens (including phenoxy) is 1. The summed E-state index contributed by atoms with van der Waals surface area (Å²) in [4.78, 5) is 10.7. The van der Waals surface area contributed by atoms with Crippen LogP contribution in [0.25, 0.3) is 0 Å². The summed E-state index contributed by atoms with van der Waals surface area (Å²) in [5, 5.41) is 4.37. The number of rotatable bonds is 7. The van der Waals surface area contributed by atoms with Gasteiger partial charge < -0.3 is 10.1 Å². The van der Waals surface area contributed by atoms with Crippen LogP contribution in [0.1, 0.15) is 20.8 Å². The first-order valence-corrected chi connectivity index (χ1v) is 8.45. The van der Waals surface area contributed by atoms with E-state index in [1.807, 2.05) is 33.4 Å². The van der Waals surface area contributed by atoms with E-state index in [1.165, 1.54) is 12.1 Å². The van der Waals surface area contributed by atoms with E-state index in [1.54, 1.807) is 17.8 Å². The van der Waals surface area contributed by atoms with Crippen molar-refractivity contribution in [3.05, 3.63) is 24.0 Å². The molecule has 1 aromatic carbocycles. The van der Waals surface area contributed by atoms with Gasteiger partial charge in [-0.2, -0.15) is 0 Å². The first-order valence-electron chi connectivity index (χ1n) is 7.57. The van der Waals surface area contributed by atoms with Crippen molar-refractivity contribution in [2.75, 3.05) is 25.6 Å². The van der Waals surface area contributed by atoms with Gasteiger partial charge in [0.05, 0.1) is 41.8 Å². The molecule has 126 valence electrons. The second-order valence-electron chi connectivity index (χ2n) is 5.64. The highest BCUT2D eigenvalue weighted by Gasteiger charge is 2.13. The molecule has 1 heterocycles. The molecule has 5 nitrogen and oxygen atoms in total. The topological polar surface area (TPSA) is 49.2 Å². The Kier molecular flexibility index (Phi) is 6.41. The Morgan fingerprint density at radius 1 is 1.43 bits per heavy atom. The number of halogens is 1. The molecule has 0 amide bonds. The van der Waals surface area contributed by atoms with Gasteiger partial charge in [0, 0.05) is 6.07 Å². The summed E-state index contributed by atoms with van der Waals surface area (Å²) >= 11 is 1.56. The third-order valence-electron chi connectivity index (χ3n) is 3.29. The van der Waals surface area contributed by atoms with E-state index >= 15 is 0 Å². The van der Waals surface area contributed by atoms with Crippen molar-refractivity contribution in [3.63, 3.8) is 0 Å². The third-order valence-corrected chi connectivity index (χ3v) is 4.08. The van der Waals surface area contributed by atoms with Crippen molar-refractivity contribution in [1.82, 2.24) is 4.90 Å². The SMILES string of the molecule is CC(C)Oc1cc(F)ccc1NC(C)N(C)C/N=C1\CN=CS1. The second-order valence-corrected chi connectivity index (χ2v) is 6.56. The minimum Gasteiger partial charge on any atom is -0.489 e. The van der Waals surface area contributed by atoms with Crippen LogP contribution >= 0.6 is 11.8 Å². The van der Waals surface area contributed by atoms with Gasteiger partial charge >= 0.3 is 0 Å². The highest BCUT2D eigenvalue weighted by Crippen LogP contribution is 2.27. The standard InChI is InChI=1S/C16H23FN4OS/c1-11(2)22-15-7-13(17)5-6-14(15)20-12(3)21(4)9-19-16-8-18-10-23-16/h5-7,10-12,20H,8-9H2,1-4H3/b19-16+. The molecule has 0 saturated heterocycles. The maximum Gasteiger partial charge on any atom is 0.145 e. The predicted octanol–water partition coefficient (Wildman–Crippen LogP) is 3.43. The van der Waals surface area contributed by atoms with Gasteiger partial charge in [0.2, 0.25) is 0 Å². The molecule has 0 saturated carbocycles. The fourth-order valence-electron chi connectivity index (χ4n) is 1.95. The molecular formula is C16H23FN4OS. The van der Waals surface area contributed by atoms with Crippen LogP contribution in [0.3, 0.4) is 0 Å². The molecule has 1 atom stereocenters. The molecule has 1 aliphatic heterocycles. The van der Waals surface area contributed by atoms with Crippen LogP contribution in [0.15, 0.2) is 28.2 Å². The van der Waals surface area contributed by atoms with E-state index in [0.29, 0.717) is 19.0 Å². The van der Waals surface area contributed by atoms with Crippen LogP contribution in [-0.2, 0) is 0 Å². The minimum atomic E-state index is -0.308. The molecule has 0 radical (unpaired) electrons. The fourth-order valence-corrected chi connectivity index (χ4v) is 2.51. The van der Waals surface area contributed by atoms with E-state index in [4.69, 9.17) is 4.74 Å². The lowest BCUT2D eigenvalue weighted by Crippen LogP contribution is -2.36. The van der Waals surface area contributed by atoms with Crippen LogP contribution in [-0.4, -0.2) is 48.0 Å². The number of hydrogen-bond donors (Lipinski definition) is 1. The van der Waals surface area contributed by atoms with Crippen molar-refractivity contribution in [2.24, 2.45) is 9.98 Å². The van der Waals surface area contributed by atoms with Gasteiger partial charge in [-0.1, -0.05) is 11.8 Å². The molecular weight excluding hydrogens is 315 g/mol. The normalized spacial score (nSPS) is 17.3. The summed E-state index contributed by atoms with van der Waals surface area (Å²) in [6.45, 7) is 7.11. The smallest absolute Gasteiger partial charge is 0.145 e. The number of anilines is 1. The van der Waals surface area contributed by atoms with Crippen molar-refractivity contribution < 1.29 is 9.13 Å². The Labute approximate surface area is 141 Å². The number of thioether (sulfide) groups is 1. The van der Waals surface area contributed by atoms with Crippen molar-refractivity contribution in [2.45, 2.75) is 33.0 Å². The Hall–Kier alpha value is -1.60. The molecule has 0 aromatic heterocycles. The average molecular weight is 338 g/mol. The highest BCUT2D eigenvalue weighted by atomic mass is 32.2. The molecule has 1 N–H and O–H groups in total. The number of hydrogen-bond acceptors (Lipinski definition) is 6. The number of aliphatic imine (C=N–C) groups is 2. The molecule has 2 rings (SSSR count). The van der Waals surface area contributed by atoms with Crippen molar-refractivity contribution in [1.29, 1.82) is 0 Å². The molecule has 0 bridgehead atoms. The quantitative estimate of drug-likeness (QED) is 0.774. The van der Waals surface area contributed by atoms with Crippen molar-refractivity contribution in [3.8, 4) is 5.75 Å². The maximum absolute atomic E-state index is 13.4. The summed E-state index contributed by atoms with van der Waals surface area (Å²) in [5.74, 6) is 0.211. The summed E-state index contributed by atoms with van der Waals surface area (Å²) in [6.07, 6.45) is 0.00261. The zero-order chi connectivity index (χ0) is 16.8. The highest BCUT2D eigenvalue weighted by molar-refractivity contribution is 8.25. The molecule has 0 aliphatic carbocycles. The molecule has 0 fully saturated rings. The lowest BCUT2D eigenvalue weighted by atomic mass is 10.2. The van der Waals surface area contributed by atoms with Gasteiger partial charge in [-0.05, 0) is 40.0 Å². The number of benzene rings is 1. The van der Waals surface area contributed by atoms with Gasteiger partial charge in [-0.3, -0.25) is 14.9 Å². The van der Waals surface area contributed by atoms with Crippen LogP contribution in [0.5, 0.6) is 5.75 Å². The first-order chi connectivity index (χ1) is 11.0. The average Bonchev–Trinajstić information content (AvgIpc) is 3.00. The molecule has 1 aliphatic rings. The minimum absolute atomic E-state index is 0.0174. The zero-order valence-electron chi connectivity index (χ0n) is 13.9. The van der Waals surface area contributed by atoms with Crippen molar-refractivity contribution >= 4 is 28.0 Å². The largest absolute Gasteiger partial charge is 0.489 e. The van der Waals surface area contributed by atoms with Gasteiger partial charge in [-0.15, -0.1) is 0 Å². The zero-order valence-corrected chi connectivity index (χ0v) is 14.7. The molecule has 7 heteroatoms. The summed E-state index contributed by atoms with van der Waals surface area (Å²) in [5.41, 5.74) is 2.58. The molecule has 0 spiro atoms. The van der Waals surface area contributed by atoms with E-state index < -0.39 is 0 Å². The Bertz CT molecular complexity index is 581. The van der Waals surface area contributed by atoms with Crippen LogP contribution < -0.4 is 10.1 Å². The molecule has 23 heavy (non-hydrogen) atoms. The number of nitrogens with zero attached hydrogens (tertiary/aromatic N) is 3. The van der Waals surface area contributed by atoms with Crippen LogP contribution in [0, 0.1) is 5.82 Å². The Morgan fingerprint density at radius 2 is 2.22 bits per heavy atom. The monoisotopic (exact) mass is 338 g/mol. The van der Waals surface area contributed by atoms with E-state index in [2.05, 4.69) is 20.2 Å². The number of nitrogens with one attached hydrogen (secondary N) is 1. The van der Waals surface area contributed by atoms with E-state index in [-0.39, 0.29) is 18.1 Å². The maximum atomic E-state index is 13.4. The molecule has 1 aromatic rings. The van der Waals surface area contributed by atoms with Gasteiger partial charge in [0.25, 0.3) is 0 Å². The first kappa shape index (κ1) is 17.7. The lowest BCUT2D eigenvalue weighted by molar-refractivity contribution is 0.240. The van der Waals surface area contributed by atoms with Gasteiger partial charge in [0.1, 0.15) is 11.6 Å². The summed E-state index contributed by atoms with van der Waals surface area (Å²) in [7, 11) is 1.98. The van der Waals surface area contributed by atoms with E-state index in [0.717, 1.165) is 10.7 Å². The second kappa shape index (κ2) is 8.31. The predicted molar refractivity (Wildman–Crippen MR) is 96.3 cm³/mol. The van der Waals surface area contributed by atoms with Crippen LogP contribution in [0.2, 0.25) is 0 Å². The molecule has 1 unspecified atom stereocenters. The van der Waals surface area contributed by atoms with E-state index in [9.17, 15) is 4.39 Å². The fraction of sp³-hybridized carbons (Fsp3) is 0.500. The summed E-state index contributed by atoms with van der Waals surface area (Å²) < 4.78 is 19.1. The lowest BCUT2D eigenvalue weighted by Gasteiger charge is -2.26.